The molecule has 1 unspecified atom stereocenters. The molecule has 172 valence electrons. The lowest BCUT2D eigenvalue weighted by atomic mass is 9.97. The van der Waals surface area contributed by atoms with Crippen molar-refractivity contribution < 1.29 is 18.8 Å². The Bertz CT molecular complexity index is 1220. The molecule has 2 aromatic heterocycles. The van der Waals surface area contributed by atoms with Gasteiger partial charge in [-0.3, -0.25) is 4.98 Å². The van der Waals surface area contributed by atoms with E-state index >= 15 is 0 Å². The van der Waals surface area contributed by atoms with Crippen LogP contribution in [0.1, 0.15) is 55.2 Å². The predicted octanol–water partition coefficient (Wildman–Crippen LogP) is 5.88. The zero-order valence-corrected chi connectivity index (χ0v) is 20.5. The molecule has 0 aliphatic heterocycles. The fourth-order valence-corrected chi connectivity index (χ4v) is 4.04. The number of nitrogens with zero attached hydrogens (tertiary/aromatic N) is 3. The van der Waals surface area contributed by atoms with E-state index in [-0.39, 0.29) is 10.6 Å². The van der Waals surface area contributed by atoms with Gasteiger partial charge in [0.25, 0.3) is 0 Å². The summed E-state index contributed by atoms with van der Waals surface area (Å²) in [5.74, 6) is 0.115. The first kappa shape index (κ1) is 24.4. The monoisotopic (exact) mass is 467 g/mol. The maximum Gasteiger partial charge on any atom is 0.339 e. The Morgan fingerprint density at radius 3 is 2.21 bits per heavy atom. The highest BCUT2D eigenvalue weighted by molar-refractivity contribution is 6.33. The summed E-state index contributed by atoms with van der Waals surface area (Å²) in [4.78, 5) is 17.2. The van der Waals surface area contributed by atoms with Crippen molar-refractivity contribution >= 4 is 17.6 Å². The first-order valence-electron chi connectivity index (χ1n) is 10.4. The standard InChI is InChI=1S/C25H26ClN3O4/c1-13-20(23(24(30)31-7)32-25(4,5)6)21(26)18(12-27)22(28-13)17-10-8-16(9-11-17)19-14(2)29-33-15(19)3/h8-11,23H,1-7H3. The van der Waals surface area contributed by atoms with Crippen LogP contribution in [0.15, 0.2) is 28.8 Å². The first-order valence-corrected chi connectivity index (χ1v) is 10.8. The molecule has 8 heteroatoms. The van der Waals surface area contributed by atoms with Crippen molar-refractivity contribution in [3.05, 3.63) is 57.6 Å². The van der Waals surface area contributed by atoms with E-state index in [1.165, 1.54) is 7.11 Å². The number of aryl methyl sites for hydroxylation is 3. The van der Waals surface area contributed by atoms with Gasteiger partial charge in [0.05, 0.1) is 34.7 Å². The molecule has 3 aromatic rings. The van der Waals surface area contributed by atoms with E-state index in [0.717, 1.165) is 22.6 Å². The Morgan fingerprint density at radius 2 is 1.73 bits per heavy atom. The van der Waals surface area contributed by atoms with E-state index in [1.54, 1.807) is 6.92 Å². The summed E-state index contributed by atoms with van der Waals surface area (Å²) < 4.78 is 16.1. The lowest BCUT2D eigenvalue weighted by Gasteiger charge is -2.28. The molecule has 0 spiro atoms. The summed E-state index contributed by atoms with van der Waals surface area (Å²) >= 11 is 6.68. The van der Waals surface area contributed by atoms with Crippen LogP contribution in [0, 0.1) is 32.1 Å². The topological polar surface area (TPSA) is 98.2 Å². The smallest absolute Gasteiger partial charge is 0.339 e. The third-order valence-electron chi connectivity index (χ3n) is 5.10. The lowest BCUT2D eigenvalue weighted by Crippen LogP contribution is -2.29. The highest BCUT2D eigenvalue weighted by Gasteiger charge is 2.33. The van der Waals surface area contributed by atoms with Crippen LogP contribution >= 0.6 is 11.6 Å². The Balaban J connectivity index is 2.12. The molecule has 1 aromatic carbocycles. The molecular formula is C25H26ClN3O4. The van der Waals surface area contributed by atoms with Crippen LogP contribution in [0.5, 0.6) is 0 Å². The van der Waals surface area contributed by atoms with Gasteiger partial charge in [-0.2, -0.15) is 5.26 Å². The van der Waals surface area contributed by atoms with Crippen molar-refractivity contribution in [2.45, 2.75) is 53.2 Å². The van der Waals surface area contributed by atoms with Gasteiger partial charge in [0, 0.05) is 22.4 Å². The second kappa shape index (κ2) is 9.34. The van der Waals surface area contributed by atoms with Gasteiger partial charge >= 0.3 is 5.97 Å². The van der Waals surface area contributed by atoms with Gasteiger partial charge < -0.3 is 14.0 Å². The fraction of sp³-hybridized carbons (Fsp3) is 0.360. The van der Waals surface area contributed by atoms with Crippen LogP contribution in [0.3, 0.4) is 0 Å². The van der Waals surface area contributed by atoms with E-state index in [2.05, 4.69) is 16.2 Å². The molecule has 0 bridgehead atoms. The van der Waals surface area contributed by atoms with Crippen molar-refractivity contribution in [3.8, 4) is 28.5 Å². The number of benzene rings is 1. The third-order valence-corrected chi connectivity index (χ3v) is 5.50. The fourth-order valence-electron chi connectivity index (χ4n) is 3.67. The van der Waals surface area contributed by atoms with E-state index in [9.17, 15) is 10.1 Å². The van der Waals surface area contributed by atoms with Gasteiger partial charge in [0.1, 0.15) is 11.8 Å². The van der Waals surface area contributed by atoms with Crippen molar-refractivity contribution in [2.75, 3.05) is 7.11 Å². The molecule has 1 atom stereocenters. The number of esters is 1. The number of rotatable bonds is 5. The van der Waals surface area contributed by atoms with E-state index in [4.69, 9.17) is 25.6 Å². The predicted molar refractivity (Wildman–Crippen MR) is 125 cm³/mol. The Kier molecular flexibility index (Phi) is 6.92. The lowest BCUT2D eigenvalue weighted by molar-refractivity contribution is -0.164. The molecular weight excluding hydrogens is 442 g/mol. The second-order valence-corrected chi connectivity index (χ2v) is 9.05. The molecule has 0 amide bonds. The van der Waals surface area contributed by atoms with Gasteiger partial charge in [0.15, 0.2) is 6.10 Å². The number of pyridine rings is 1. The Labute approximate surface area is 198 Å². The molecule has 0 saturated heterocycles. The number of aromatic nitrogens is 2. The highest BCUT2D eigenvalue weighted by atomic mass is 35.5. The zero-order chi connectivity index (χ0) is 24.5. The molecule has 0 aliphatic carbocycles. The number of carbonyl (C=O) groups is 1. The summed E-state index contributed by atoms with van der Waals surface area (Å²) in [7, 11) is 1.28. The van der Waals surface area contributed by atoms with Gasteiger partial charge in [-0.15, -0.1) is 0 Å². The molecule has 3 rings (SSSR count). The van der Waals surface area contributed by atoms with Crippen LogP contribution in [0.25, 0.3) is 22.4 Å². The highest BCUT2D eigenvalue weighted by Crippen LogP contribution is 2.38. The van der Waals surface area contributed by atoms with E-state index < -0.39 is 17.7 Å². The largest absolute Gasteiger partial charge is 0.467 e. The third kappa shape index (κ3) is 4.92. The van der Waals surface area contributed by atoms with Crippen LogP contribution in [0.4, 0.5) is 0 Å². The number of halogens is 1. The van der Waals surface area contributed by atoms with Crippen LogP contribution in [0.2, 0.25) is 5.02 Å². The van der Waals surface area contributed by atoms with Crippen molar-refractivity contribution in [2.24, 2.45) is 0 Å². The molecule has 0 saturated carbocycles. The van der Waals surface area contributed by atoms with Crippen molar-refractivity contribution in [3.63, 3.8) is 0 Å². The molecule has 0 aliphatic rings. The van der Waals surface area contributed by atoms with Crippen molar-refractivity contribution in [1.82, 2.24) is 10.1 Å². The molecule has 2 heterocycles. The molecule has 7 nitrogen and oxygen atoms in total. The number of methoxy groups -OCH3 is 1. The zero-order valence-electron chi connectivity index (χ0n) is 19.7. The number of hydrogen-bond acceptors (Lipinski definition) is 7. The Hall–Kier alpha value is -3.21. The minimum Gasteiger partial charge on any atom is -0.467 e. The first-order chi connectivity index (χ1) is 15.5. The molecule has 0 fully saturated rings. The normalized spacial score (nSPS) is 12.3. The summed E-state index contributed by atoms with van der Waals surface area (Å²) in [5.41, 5.74) is 4.11. The van der Waals surface area contributed by atoms with Crippen molar-refractivity contribution in [1.29, 1.82) is 5.26 Å². The number of carbonyl (C=O) groups excluding carboxylic acids is 1. The van der Waals surface area contributed by atoms with Gasteiger partial charge in [0.2, 0.25) is 0 Å². The van der Waals surface area contributed by atoms with Gasteiger partial charge in [-0.05, 0) is 47.1 Å². The molecule has 0 N–H and O–H groups in total. The minimum absolute atomic E-state index is 0.120. The minimum atomic E-state index is -1.11. The van der Waals surface area contributed by atoms with Crippen LogP contribution < -0.4 is 0 Å². The number of ether oxygens (including phenoxy) is 2. The van der Waals surface area contributed by atoms with Crippen LogP contribution in [-0.2, 0) is 14.3 Å². The molecule has 33 heavy (non-hydrogen) atoms. The average molecular weight is 468 g/mol. The maximum absolute atomic E-state index is 12.5. The average Bonchev–Trinajstić information content (AvgIpc) is 3.09. The van der Waals surface area contributed by atoms with Gasteiger partial charge in [-0.25, -0.2) is 4.79 Å². The molecule has 0 radical (unpaired) electrons. The summed E-state index contributed by atoms with van der Waals surface area (Å²) in [5, 5.41) is 14.0. The SMILES string of the molecule is COC(=O)C(OC(C)(C)C)c1c(C)nc(-c2ccc(-c3c(C)noc3C)cc2)c(C#N)c1Cl. The quantitative estimate of drug-likeness (QED) is 0.432. The second-order valence-electron chi connectivity index (χ2n) is 8.67. The Morgan fingerprint density at radius 1 is 1.12 bits per heavy atom. The van der Waals surface area contributed by atoms with Crippen LogP contribution in [-0.4, -0.2) is 28.8 Å². The summed E-state index contributed by atoms with van der Waals surface area (Å²) in [6.45, 7) is 10.9. The van der Waals surface area contributed by atoms with E-state index in [0.29, 0.717) is 22.5 Å². The number of nitriles is 1. The van der Waals surface area contributed by atoms with E-state index in [1.807, 2.05) is 58.9 Å². The summed E-state index contributed by atoms with van der Waals surface area (Å²) in [6, 6.07) is 9.70. The maximum atomic E-state index is 12.5. The number of hydrogen-bond donors (Lipinski definition) is 0. The van der Waals surface area contributed by atoms with Gasteiger partial charge in [-0.1, -0.05) is 41.0 Å². The summed E-state index contributed by atoms with van der Waals surface area (Å²) in [6.07, 6.45) is -1.11.